The number of hydrogen-bond donors (Lipinski definition) is 3. The maximum atomic E-state index is 12.8. The summed E-state index contributed by atoms with van der Waals surface area (Å²) in [6, 6.07) is 3.30. The van der Waals surface area contributed by atoms with Crippen LogP contribution in [0.1, 0.15) is 21.6 Å². The summed E-state index contributed by atoms with van der Waals surface area (Å²) in [5, 5.41) is 25.1. The van der Waals surface area contributed by atoms with Gasteiger partial charge >= 0.3 is 13.1 Å². The third-order valence-electron chi connectivity index (χ3n) is 4.91. The number of oxime groups is 1. The number of likely N-dealkylation sites (tertiary alicyclic amines) is 1. The molecule has 0 radical (unpaired) electrons. The second-order valence-corrected chi connectivity index (χ2v) is 7.88. The number of nitrogens with zero attached hydrogens (tertiary/aromatic N) is 3. The predicted molar refractivity (Wildman–Crippen MR) is 112 cm³/mol. The number of aryl methyl sites for hydroxylation is 1. The fourth-order valence-corrected chi connectivity index (χ4v) is 3.95. The topological polar surface area (TPSA) is 157 Å². The molecule has 13 heteroatoms. The Morgan fingerprint density at radius 2 is 2.19 bits per heavy atom. The van der Waals surface area contributed by atoms with E-state index >= 15 is 0 Å². The van der Waals surface area contributed by atoms with Crippen molar-refractivity contribution in [3.05, 3.63) is 34.3 Å². The Balaban J connectivity index is 1.46. The van der Waals surface area contributed by atoms with Crippen molar-refractivity contribution in [1.82, 2.24) is 9.88 Å². The predicted octanol–water partition coefficient (Wildman–Crippen LogP) is 0.479. The molecule has 4 rings (SSSR count). The first-order valence-corrected chi connectivity index (χ1v) is 10.3. The Morgan fingerprint density at radius 1 is 1.42 bits per heavy atom. The lowest BCUT2D eigenvalue weighted by Crippen LogP contribution is -2.58. The van der Waals surface area contributed by atoms with Gasteiger partial charge in [0.1, 0.15) is 36.0 Å². The average molecular weight is 446 g/mol. The first kappa shape index (κ1) is 20.9. The zero-order chi connectivity index (χ0) is 22.1. The lowest BCUT2D eigenvalue weighted by molar-refractivity contribution is -0.132. The van der Waals surface area contributed by atoms with Gasteiger partial charge in [0.05, 0.1) is 13.1 Å². The van der Waals surface area contributed by atoms with Crippen molar-refractivity contribution in [2.45, 2.75) is 18.8 Å². The minimum Gasteiger partial charge on any atom is -0.535 e. The van der Waals surface area contributed by atoms with Crippen molar-refractivity contribution in [3.63, 3.8) is 0 Å². The molecular weight excluding hydrogens is 427 g/mol. The third kappa shape index (κ3) is 4.14. The SMILES string of the molecule is CO/N=C(\C(=O)N1CC(Oc2ccc3c(c2C(=O)O)OB(O)CC3)C1)c1csc(N)n1. The molecule has 2 aliphatic heterocycles. The average Bonchev–Trinajstić information content (AvgIpc) is 3.13. The number of nitrogens with two attached hydrogens (primary N) is 1. The largest absolute Gasteiger partial charge is 0.535 e. The quantitative estimate of drug-likeness (QED) is 0.326. The molecule has 0 atom stereocenters. The highest BCUT2D eigenvalue weighted by molar-refractivity contribution is 7.13. The van der Waals surface area contributed by atoms with E-state index in [0.29, 0.717) is 29.1 Å². The van der Waals surface area contributed by atoms with Crippen LogP contribution in [-0.4, -0.2) is 71.0 Å². The Hall–Kier alpha value is -3.32. The molecule has 31 heavy (non-hydrogen) atoms. The summed E-state index contributed by atoms with van der Waals surface area (Å²) in [5.74, 6) is -1.38. The van der Waals surface area contributed by atoms with Crippen LogP contribution in [0.5, 0.6) is 11.5 Å². The fraction of sp³-hybridized carbons (Fsp3) is 0.333. The number of aromatic carboxylic acids is 1. The molecule has 1 saturated heterocycles. The van der Waals surface area contributed by atoms with Crippen LogP contribution in [0.25, 0.3) is 0 Å². The zero-order valence-electron chi connectivity index (χ0n) is 16.5. The zero-order valence-corrected chi connectivity index (χ0v) is 17.3. The van der Waals surface area contributed by atoms with Gasteiger partial charge in [0.25, 0.3) is 5.91 Å². The maximum Gasteiger partial charge on any atom is 0.522 e. The number of thiazole rings is 1. The molecule has 2 aliphatic rings. The van der Waals surface area contributed by atoms with Gasteiger partial charge in [0, 0.05) is 5.38 Å². The minimum absolute atomic E-state index is 0.0243. The van der Waals surface area contributed by atoms with Crippen molar-refractivity contribution >= 4 is 41.2 Å². The first-order valence-electron chi connectivity index (χ1n) is 9.39. The number of carbonyl (C=O) groups is 2. The number of fused-ring (bicyclic) bond motifs is 1. The number of carbonyl (C=O) groups excluding carboxylic acids is 1. The number of carboxylic acid groups (broad SMARTS) is 1. The van der Waals surface area contributed by atoms with Gasteiger partial charge in [-0.3, -0.25) is 4.79 Å². The molecule has 0 aliphatic carbocycles. The van der Waals surface area contributed by atoms with E-state index in [0.717, 1.165) is 0 Å². The molecule has 11 nitrogen and oxygen atoms in total. The van der Waals surface area contributed by atoms with Gasteiger partial charge < -0.3 is 35.0 Å². The van der Waals surface area contributed by atoms with Crippen LogP contribution < -0.4 is 15.1 Å². The highest BCUT2D eigenvalue weighted by atomic mass is 32.1. The van der Waals surface area contributed by atoms with Gasteiger partial charge in [-0.1, -0.05) is 11.2 Å². The molecular formula is C18H19BN4O7S. The molecule has 3 heterocycles. The van der Waals surface area contributed by atoms with Gasteiger partial charge in [-0.25, -0.2) is 9.78 Å². The van der Waals surface area contributed by atoms with E-state index in [4.69, 9.17) is 20.0 Å². The maximum absolute atomic E-state index is 12.8. The summed E-state index contributed by atoms with van der Waals surface area (Å²) >= 11 is 1.18. The van der Waals surface area contributed by atoms with Crippen LogP contribution in [0.3, 0.4) is 0 Å². The number of ether oxygens (including phenoxy) is 1. The minimum atomic E-state index is -1.22. The van der Waals surface area contributed by atoms with Gasteiger partial charge in [0.15, 0.2) is 10.8 Å². The number of amides is 1. The second-order valence-electron chi connectivity index (χ2n) is 6.99. The molecule has 0 saturated carbocycles. The molecule has 0 unspecified atom stereocenters. The monoisotopic (exact) mass is 446 g/mol. The normalized spacial score (nSPS) is 16.3. The molecule has 1 aromatic heterocycles. The van der Waals surface area contributed by atoms with Crippen LogP contribution in [0.15, 0.2) is 22.7 Å². The van der Waals surface area contributed by atoms with E-state index in [2.05, 4.69) is 10.1 Å². The van der Waals surface area contributed by atoms with Crippen LogP contribution in [0, 0.1) is 0 Å². The molecule has 1 aromatic carbocycles. The summed E-state index contributed by atoms with van der Waals surface area (Å²) in [6.07, 6.45) is 0.478. The van der Waals surface area contributed by atoms with Crippen molar-refractivity contribution in [1.29, 1.82) is 0 Å². The summed E-state index contributed by atoms with van der Waals surface area (Å²) < 4.78 is 11.2. The van der Waals surface area contributed by atoms with Gasteiger partial charge in [-0.15, -0.1) is 11.3 Å². The highest BCUT2D eigenvalue weighted by Gasteiger charge is 2.37. The van der Waals surface area contributed by atoms with Crippen molar-refractivity contribution in [3.8, 4) is 11.5 Å². The number of rotatable bonds is 6. The van der Waals surface area contributed by atoms with E-state index in [-0.39, 0.29) is 35.9 Å². The van der Waals surface area contributed by atoms with Crippen molar-refractivity contribution in [2.24, 2.45) is 5.16 Å². The molecule has 0 spiro atoms. The molecule has 0 bridgehead atoms. The number of nitrogen functional groups attached to an aromatic ring is 1. The van der Waals surface area contributed by atoms with Crippen molar-refractivity contribution in [2.75, 3.05) is 25.9 Å². The number of aromatic nitrogens is 1. The molecule has 1 amide bonds. The summed E-state index contributed by atoms with van der Waals surface area (Å²) in [5.41, 5.74) is 6.53. The Kier molecular flexibility index (Phi) is 5.70. The molecule has 162 valence electrons. The van der Waals surface area contributed by atoms with E-state index in [1.165, 1.54) is 23.3 Å². The van der Waals surface area contributed by atoms with E-state index in [1.807, 2.05) is 0 Å². The Bertz CT molecular complexity index is 1050. The smallest absolute Gasteiger partial charge is 0.522 e. The molecule has 4 N–H and O–H groups in total. The molecule has 1 fully saturated rings. The second kappa shape index (κ2) is 8.43. The number of benzene rings is 1. The van der Waals surface area contributed by atoms with E-state index < -0.39 is 25.1 Å². The summed E-state index contributed by atoms with van der Waals surface area (Å²) in [7, 11) is 0.268. The number of anilines is 1. The fourth-order valence-electron chi connectivity index (χ4n) is 3.40. The first-order chi connectivity index (χ1) is 14.9. The lowest BCUT2D eigenvalue weighted by atomic mass is 9.78. The van der Waals surface area contributed by atoms with Gasteiger partial charge in [0.2, 0.25) is 0 Å². The Labute approximate surface area is 181 Å². The van der Waals surface area contributed by atoms with Crippen LogP contribution in [0.4, 0.5) is 5.13 Å². The van der Waals surface area contributed by atoms with Crippen LogP contribution in [-0.2, 0) is 16.1 Å². The number of hydrogen-bond acceptors (Lipinski definition) is 10. The summed E-state index contributed by atoms with van der Waals surface area (Å²) in [4.78, 5) is 34.9. The van der Waals surface area contributed by atoms with Gasteiger partial charge in [-0.05, 0) is 24.4 Å². The van der Waals surface area contributed by atoms with E-state index in [9.17, 15) is 19.7 Å². The Morgan fingerprint density at radius 3 is 2.84 bits per heavy atom. The highest BCUT2D eigenvalue weighted by Crippen LogP contribution is 2.37. The summed E-state index contributed by atoms with van der Waals surface area (Å²) in [6.45, 7) is 0.446. The standard InChI is InChI=1S/C18H19BN4O7S/c1-28-22-14(11-8-31-18(20)21-11)16(24)23-6-10(7-23)29-12-3-2-9-4-5-19(27)30-15(9)13(12)17(25)26/h2-3,8,10,27H,4-7H2,1H3,(H2,20,21)(H,25,26)/b22-14-. The van der Waals surface area contributed by atoms with Gasteiger partial charge in [-0.2, -0.15) is 0 Å². The van der Waals surface area contributed by atoms with Crippen molar-refractivity contribution < 1.29 is 33.9 Å². The number of carboxylic acids is 1. The third-order valence-corrected chi connectivity index (χ3v) is 5.58. The van der Waals surface area contributed by atoms with Crippen LogP contribution in [0.2, 0.25) is 6.32 Å². The van der Waals surface area contributed by atoms with E-state index in [1.54, 1.807) is 17.5 Å². The lowest BCUT2D eigenvalue weighted by Gasteiger charge is -2.39. The van der Waals surface area contributed by atoms with Crippen LogP contribution >= 0.6 is 11.3 Å². The molecule has 2 aromatic rings.